The summed E-state index contributed by atoms with van der Waals surface area (Å²) in [5.74, 6) is 0.242. The van der Waals surface area contributed by atoms with E-state index >= 15 is 0 Å². The summed E-state index contributed by atoms with van der Waals surface area (Å²) in [6, 6.07) is 12.4. The quantitative estimate of drug-likeness (QED) is 0.733. The zero-order valence-corrected chi connectivity index (χ0v) is 14.3. The number of para-hydroxylation sites is 1. The van der Waals surface area contributed by atoms with Gasteiger partial charge in [0.15, 0.2) is 0 Å². The molecule has 0 aliphatic heterocycles. The number of nitrogens with zero attached hydrogens (tertiary/aromatic N) is 4. The summed E-state index contributed by atoms with van der Waals surface area (Å²) in [6.07, 6.45) is 1.48. The number of nitrogens with two attached hydrogens (primary N) is 1. The fourth-order valence-electron chi connectivity index (χ4n) is 2.75. The van der Waals surface area contributed by atoms with Crippen LogP contribution in [0.4, 0.5) is 5.82 Å². The van der Waals surface area contributed by atoms with E-state index in [1.54, 1.807) is 36.3 Å². The Kier molecular flexibility index (Phi) is 4.14. The smallest absolute Gasteiger partial charge is 0.274 e. The van der Waals surface area contributed by atoms with Crippen LogP contribution in [0.25, 0.3) is 5.69 Å². The van der Waals surface area contributed by atoms with Crippen LogP contribution in [-0.4, -0.2) is 20.3 Å². The van der Waals surface area contributed by atoms with Crippen LogP contribution in [0.1, 0.15) is 16.8 Å². The minimum Gasteiger partial charge on any atom is -0.384 e. The van der Waals surface area contributed by atoms with Gasteiger partial charge in [-0.25, -0.2) is 4.68 Å². The zero-order chi connectivity index (χ0) is 18.1. The second-order valence-electron chi connectivity index (χ2n) is 5.84. The first-order chi connectivity index (χ1) is 11.9. The molecule has 3 aromatic rings. The minimum atomic E-state index is -0.320. The summed E-state index contributed by atoms with van der Waals surface area (Å²) in [5.41, 5.74) is 8.06. The maximum Gasteiger partial charge on any atom is 0.274 e. The molecule has 0 radical (unpaired) electrons. The summed E-state index contributed by atoms with van der Waals surface area (Å²) in [4.78, 5) is 24.6. The maximum absolute atomic E-state index is 12.6. The molecule has 2 aromatic heterocycles. The molecule has 3 rings (SSSR count). The van der Waals surface area contributed by atoms with Crippen molar-refractivity contribution in [2.24, 2.45) is 12.1 Å². The molecule has 0 aliphatic carbocycles. The second kappa shape index (κ2) is 6.27. The molecule has 0 spiro atoms. The molecule has 1 aromatic carbocycles. The number of hydrogen-bond acceptors (Lipinski definition) is 4. The molecular formula is C18H19N5O2. The summed E-state index contributed by atoms with van der Waals surface area (Å²) in [7, 11) is 1.77. The van der Waals surface area contributed by atoms with Crippen molar-refractivity contribution in [1.29, 1.82) is 0 Å². The Morgan fingerprint density at radius 1 is 1.08 bits per heavy atom. The van der Waals surface area contributed by atoms with Crippen molar-refractivity contribution >= 4 is 12.0 Å². The number of nitrogen functional groups attached to an aromatic ring is 1. The van der Waals surface area contributed by atoms with Gasteiger partial charge in [-0.05, 0) is 37.6 Å². The first kappa shape index (κ1) is 16.5. The summed E-state index contributed by atoms with van der Waals surface area (Å²) in [5, 5.41) is 4.17. The fourth-order valence-corrected chi connectivity index (χ4v) is 2.75. The number of benzene rings is 1. The molecule has 0 atom stereocenters. The first-order valence-electron chi connectivity index (χ1n) is 7.77. The Hall–Kier alpha value is -3.35. The van der Waals surface area contributed by atoms with Crippen molar-refractivity contribution in [1.82, 2.24) is 14.0 Å². The number of aryl methyl sites for hydroxylation is 1. The van der Waals surface area contributed by atoms with Gasteiger partial charge < -0.3 is 5.73 Å². The third kappa shape index (κ3) is 2.91. The van der Waals surface area contributed by atoms with Crippen LogP contribution in [0.3, 0.4) is 0 Å². The van der Waals surface area contributed by atoms with E-state index in [1.807, 2.05) is 30.3 Å². The number of aromatic nitrogens is 3. The van der Waals surface area contributed by atoms with Crippen LogP contribution in [-0.2, 0) is 7.05 Å². The summed E-state index contributed by atoms with van der Waals surface area (Å²) in [6.45, 7) is 3.52. The molecule has 2 heterocycles. The molecule has 0 bridgehead atoms. The minimum absolute atomic E-state index is 0.139. The van der Waals surface area contributed by atoms with E-state index in [0.717, 1.165) is 15.9 Å². The van der Waals surface area contributed by atoms with Gasteiger partial charge in [0, 0.05) is 18.7 Å². The van der Waals surface area contributed by atoms with Gasteiger partial charge >= 0.3 is 0 Å². The standard InChI is InChI=1S/C18H19N5O2/c1-12-9-16(19)22(17(24)10-12)20-11-15-13(2)18(25)23(21(15)3)14-7-5-4-6-8-14/h4-11H,19H2,1-3H3/b20-11-. The summed E-state index contributed by atoms with van der Waals surface area (Å²) >= 11 is 0. The molecule has 0 unspecified atom stereocenters. The van der Waals surface area contributed by atoms with E-state index in [0.29, 0.717) is 11.3 Å². The molecule has 0 aliphatic rings. The number of anilines is 1. The van der Waals surface area contributed by atoms with E-state index < -0.39 is 0 Å². The SMILES string of the molecule is Cc1cc(N)n(/N=C\c2c(C)c(=O)n(-c3ccccc3)n2C)c(=O)c1. The van der Waals surface area contributed by atoms with Crippen molar-refractivity contribution in [3.8, 4) is 5.69 Å². The molecule has 7 heteroatoms. The van der Waals surface area contributed by atoms with Crippen LogP contribution < -0.4 is 16.9 Å². The molecule has 0 fully saturated rings. The molecule has 7 nitrogen and oxygen atoms in total. The molecular weight excluding hydrogens is 318 g/mol. The zero-order valence-electron chi connectivity index (χ0n) is 14.3. The van der Waals surface area contributed by atoms with Gasteiger partial charge in [0.25, 0.3) is 11.1 Å². The van der Waals surface area contributed by atoms with E-state index in [2.05, 4.69) is 5.10 Å². The largest absolute Gasteiger partial charge is 0.384 e. The van der Waals surface area contributed by atoms with Gasteiger partial charge in [0.05, 0.1) is 17.6 Å². The highest BCUT2D eigenvalue weighted by atomic mass is 16.1. The normalized spacial score (nSPS) is 11.3. The van der Waals surface area contributed by atoms with Crippen LogP contribution >= 0.6 is 0 Å². The molecule has 128 valence electrons. The van der Waals surface area contributed by atoms with Crippen molar-refractivity contribution in [3.63, 3.8) is 0 Å². The maximum atomic E-state index is 12.6. The number of pyridine rings is 1. The Morgan fingerprint density at radius 2 is 1.76 bits per heavy atom. The van der Waals surface area contributed by atoms with E-state index in [-0.39, 0.29) is 16.9 Å². The van der Waals surface area contributed by atoms with Crippen molar-refractivity contribution in [2.75, 3.05) is 5.73 Å². The van der Waals surface area contributed by atoms with Crippen molar-refractivity contribution < 1.29 is 0 Å². The second-order valence-corrected chi connectivity index (χ2v) is 5.84. The van der Waals surface area contributed by atoms with E-state index in [4.69, 9.17) is 5.73 Å². The molecule has 0 saturated carbocycles. The average molecular weight is 337 g/mol. The van der Waals surface area contributed by atoms with Gasteiger partial charge in [0.2, 0.25) is 0 Å². The van der Waals surface area contributed by atoms with Crippen molar-refractivity contribution in [3.05, 3.63) is 80.0 Å². The highest BCUT2D eigenvalue weighted by Gasteiger charge is 2.14. The lowest BCUT2D eigenvalue weighted by Gasteiger charge is -2.08. The molecule has 2 N–H and O–H groups in total. The van der Waals surface area contributed by atoms with Gasteiger partial charge in [-0.3, -0.25) is 14.3 Å². The van der Waals surface area contributed by atoms with Gasteiger partial charge in [-0.1, -0.05) is 18.2 Å². The highest BCUT2D eigenvalue weighted by Crippen LogP contribution is 2.09. The average Bonchev–Trinajstić information content (AvgIpc) is 2.78. The Bertz CT molecular complexity index is 1070. The fraction of sp³-hybridized carbons (Fsp3) is 0.167. The van der Waals surface area contributed by atoms with Gasteiger partial charge in [0.1, 0.15) is 5.82 Å². The van der Waals surface area contributed by atoms with Gasteiger partial charge in [-0.2, -0.15) is 9.78 Å². The number of rotatable bonds is 3. The lowest BCUT2D eigenvalue weighted by atomic mass is 10.3. The topological polar surface area (TPSA) is 87.3 Å². The van der Waals surface area contributed by atoms with Crippen molar-refractivity contribution in [2.45, 2.75) is 13.8 Å². The van der Waals surface area contributed by atoms with Crippen LogP contribution in [0.15, 0.2) is 57.2 Å². The third-order valence-corrected chi connectivity index (χ3v) is 4.02. The van der Waals surface area contributed by atoms with Crippen LogP contribution in [0.2, 0.25) is 0 Å². The third-order valence-electron chi connectivity index (χ3n) is 4.02. The molecule has 25 heavy (non-hydrogen) atoms. The predicted octanol–water partition coefficient (Wildman–Crippen LogP) is 1.42. The lowest BCUT2D eigenvalue weighted by Crippen LogP contribution is -2.20. The first-order valence-corrected chi connectivity index (χ1v) is 7.77. The number of hydrogen-bond donors (Lipinski definition) is 1. The monoisotopic (exact) mass is 337 g/mol. The van der Waals surface area contributed by atoms with Crippen LogP contribution in [0.5, 0.6) is 0 Å². The Labute approximate surface area is 144 Å². The van der Waals surface area contributed by atoms with E-state index in [1.165, 1.54) is 12.3 Å². The predicted molar refractivity (Wildman–Crippen MR) is 98.6 cm³/mol. The van der Waals surface area contributed by atoms with Gasteiger partial charge in [-0.15, -0.1) is 0 Å². The molecule has 0 amide bonds. The molecule has 0 saturated heterocycles. The highest BCUT2D eigenvalue weighted by molar-refractivity contribution is 5.79. The lowest BCUT2D eigenvalue weighted by molar-refractivity contribution is 0.642. The van der Waals surface area contributed by atoms with Crippen LogP contribution in [0, 0.1) is 13.8 Å². The Balaban J connectivity index is 2.12. The van der Waals surface area contributed by atoms with E-state index in [9.17, 15) is 9.59 Å². The Morgan fingerprint density at radius 3 is 2.40 bits per heavy atom. The summed E-state index contributed by atoms with van der Waals surface area (Å²) < 4.78 is 4.36.